The molecule has 0 fully saturated rings. The fourth-order valence-electron chi connectivity index (χ4n) is 1.63. The van der Waals surface area contributed by atoms with Crippen molar-refractivity contribution in [1.82, 2.24) is 20.4 Å². The van der Waals surface area contributed by atoms with Gasteiger partial charge in [0.15, 0.2) is 0 Å². The zero-order valence-electron chi connectivity index (χ0n) is 13.3. The Labute approximate surface area is 163 Å². The van der Waals surface area contributed by atoms with E-state index in [9.17, 15) is 0 Å². The van der Waals surface area contributed by atoms with Crippen molar-refractivity contribution in [2.45, 2.75) is 30.5 Å². The van der Waals surface area contributed by atoms with E-state index < -0.39 is 21.1 Å². The van der Waals surface area contributed by atoms with Gasteiger partial charge in [0.2, 0.25) is 0 Å². The van der Waals surface area contributed by atoms with Crippen molar-refractivity contribution < 1.29 is 9.47 Å². The Balaban J connectivity index is 1.82. The summed E-state index contributed by atoms with van der Waals surface area (Å²) in [6.07, 6.45) is 0. The average Bonchev–Trinajstić information content (AvgIpc) is 3.07. The number of hydrogen-bond donors (Lipinski definition) is 1. The van der Waals surface area contributed by atoms with E-state index in [2.05, 4.69) is 34.2 Å². The van der Waals surface area contributed by atoms with Crippen molar-refractivity contribution in [3.63, 3.8) is 0 Å². The maximum atomic E-state index is 5.90. The van der Waals surface area contributed by atoms with Crippen molar-refractivity contribution in [3.05, 3.63) is 3.95 Å². The van der Waals surface area contributed by atoms with Crippen LogP contribution in [0, 0.1) is 9.37 Å². The molecule has 23 heavy (non-hydrogen) atoms. The van der Waals surface area contributed by atoms with Crippen LogP contribution in [-0.2, 0) is 9.47 Å². The fraction of sp³-hybridized carbons (Fsp3) is 0.667. The molecule has 2 heterocycles. The Bertz CT molecular complexity index is 672. The summed E-state index contributed by atoms with van der Waals surface area (Å²) in [4.78, 5) is 0. The molecule has 2 aromatic rings. The van der Waals surface area contributed by atoms with Gasteiger partial charge in [-0.25, -0.2) is 0 Å². The zero-order chi connectivity index (χ0) is 16.9. The molecular weight excluding hydrogens is 479 g/mol. The SMILES string of the molecule is COCC(C)(C)COC(C)Sc1nn[c]([Sn][c]2n[nH]c(=S)s2)s1. The van der Waals surface area contributed by atoms with Crippen LogP contribution in [0.4, 0.5) is 0 Å². The molecule has 0 aliphatic rings. The number of ether oxygens (including phenoxy) is 2. The molecule has 0 amide bonds. The minimum atomic E-state index is -0.984. The second kappa shape index (κ2) is 9.20. The summed E-state index contributed by atoms with van der Waals surface area (Å²) in [5.41, 5.74) is 0.0397. The molecular formula is C12H18N4O2S4Sn. The van der Waals surface area contributed by atoms with Crippen LogP contribution in [-0.4, -0.2) is 67.3 Å². The molecule has 1 atom stereocenters. The van der Waals surface area contributed by atoms with Crippen LogP contribution < -0.4 is 6.05 Å². The first-order valence-electron chi connectivity index (χ1n) is 6.81. The monoisotopic (exact) mass is 498 g/mol. The molecule has 1 unspecified atom stereocenters. The maximum absolute atomic E-state index is 5.90. The van der Waals surface area contributed by atoms with Gasteiger partial charge in [-0.1, -0.05) is 0 Å². The fourth-order valence-corrected chi connectivity index (χ4v) is 10.7. The Morgan fingerprint density at radius 1 is 1.30 bits per heavy atom. The molecule has 2 rings (SSSR count). The summed E-state index contributed by atoms with van der Waals surface area (Å²) >= 11 is 8.85. The second-order valence-electron chi connectivity index (χ2n) is 5.51. The summed E-state index contributed by atoms with van der Waals surface area (Å²) in [7, 11) is 1.71. The third-order valence-corrected chi connectivity index (χ3v) is 10.2. The van der Waals surface area contributed by atoms with Crippen LogP contribution in [0.2, 0.25) is 0 Å². The molecule has 0 aliphatic heterocycles. The topological polar surface area (TPSA) is 72.9 Å². The molecule has 126 valence electrons. The van der Waals surface area contributed by atoms with Gasteiger partial charge in [0.05, 0.1) is 0 Å². The molecule has 11 heteroatoms. The van der Waals surface area contributed by atoms with Crippen molar-refractivity contribution >= 4 is 73.8 Å². The van der Waals surface area contributed by atoms with E-state index in [4.69, 9.17) is 21.7 Å². The zero-order valence-corrected chi connectivity index (χ0v) is 19.4. The van der Waals surface area contributed by atoms with Crippen molar-refractivity contribution in [1.29, 1.82) is 0 Å². The normalized spacial score (nSPS) is 13.4. The number of rotatable bonds is 9. The Kier molecular flexibility index (Phi) is 7.89. The number of nitrogens with one attached hydrogen (secondary N) is 1. The van der Waals surface area contributed by atoms with Gasteiger partial charge in [-0.15, -0.1) is 0 Å². The first-order valence-corrected chi connectivity index (χ1v) is 12.6. The molecule has 0 aliphatic carbocycles. The quantitative estimate of drug-likeness (QED) is 0.245. The summed E-state index contributed by atoms with van der Waals surface area (Å²) in [5, 5.41) is 15.6. The number of methoxy groups -OCH3 is 1. The van der Waals surface area contributed by atoms with E-state index >= 15 is 0 Å². The van der Waals surface area contributed by atoms with Crippen LogP contribution in [0.5, 0.6) is 0 Å². The summed E-state index contributed by atoms with van der Waals surface area (Å²) in [6, 6.07) is 0. The number of H-pyrrole nitrogens is 1. The molecule has 0 saturated heterocycles. The van der Waals surface area contributed by atoms with Gasteiger partial charge in [-0.2, -0.15) is 0 Å². The van der Waals surface area contributed by atoms with Crippen molar-refractivity contribution in [2.24, 2.45) is 5.41 Å². The first kappa shape index (κ1) is 19.7. The third kappa shape index (κ3) is 7.04. The van der Waals surface area contributed by atoms with Crippen LogP contribution in [0.15, 0.2) is 4.34 Å². The molecule has 0 saturated carbocycles. The van der Waals surface area contributed by atoms with Crippen LogP contribution in [0.25, 0.3) is 0 Å². The van der Waals surface area contributed by atoms with Crippen molar-refractivity contribution in [3.8, 4) is 0 Å². The van der Waals surface area contributed by atoms with E-state index in [0.717, 1.165) is 14.3 Å². The Hall–Kier alpha value is 0.409. The minimum absolute atomic E-state index is 0.00752. The third-order valence-electron chi connectivity index (χ3n) is 2.57. The number of nitrogens with zero attached hydrogens (tertiary/aromatic N) is 3. The molecule has 0 aromatic carbocycles. The Morgan fingerprint density at radius 2 is 2.09 bits per heavy atom. The second-order valence-corrected chi connectivity index (χ2v) is 15.2. The first-order chi connectivity index (χ1) is 10.9. The predicted molar refractivity (Wildman–Crippen MR) is 99.2 cm³/mol. The van der Waals surface area contributed by atoms with Gasteiger partial charge < -0.3 is 0 Å². The van der Waals surface area contributed by atoms with Gasteiger partial charge in [0.1, 0.15) is 0 Å². The van der Waals surface area contributed by atoms with Crippen LogP contribution in [0.1, 0.15) is 20.8 Å². The van der Waals surface area contributed by atoms with Gasteiger partial charge >= 0.3 is 164 Å². The van der Waals surface area contributed by atoms with Gasteiger partial charge in [0.25, 0.3) is 0 Å². The molecule has 2 radical (unpaired) electrons. The van der Waals surface area contributed by atoms with Crippen LogP contribution in [0.3, 0.4) is 0 Å². The van der Waals surface area contributed by atoms with E-state index in [0.29, 0.717) is 13.2 Å². The average molecular weight is 497 g/mol. The summed E-state index contributed by atoms with van der Waals surface area (Å²) in [5.74, 6) is 0. The summed E-state index contributed by atoms with van der Waals surface area (Å²) in [6.45, 7) is 7.61. The molecule has 0 spiro atoms. The van der Waals surface area contributed by atoms with Gasteiger partial charge in [-0.3, -0.25) is 0 Å². The molecule has 2 aromatic heterocycles. The summed E-state index contributed by atoms with van der Waals surface area (Å²) < 4.78 is 15.0. The van der Waals surface area contributed by atoms with E-state index in [1.165, 1.54) is 0 Å². The molecule has 1 N–H and O–H groups in total. The molecule has 6 nitrogen and oxygen atoms in total. The van der Waals surface area contributed by atoms with Gasteiger partial charge in [0, 0.05) is 0 Å². The number of thioether (sulfide) groups is 1. The van der Waals surface area contributed by atoms with Crippen molar-refractivity contribution in [2.75, 3.05) is 20.3 Å². The Morgan fingerprint density at radius 3 is 2.74 bits per heavy atom. The number of aromatic nitrogens is 4. The number of hydrogen-bond acceptors (Lipinski definition) is 9. The van der Waals surface area contributed by atoms with Crippen LogP contribution >= 0.6 is 46.7 Å². The molecule has 0 bridgehead atoms. The van der Waals surface area contributed by atoms with Gasteiger partial charge in [-0.05, 0) is 0 Å². The predicted octanol–water partition coefficient (Wildman–Crippen LogP) is 1.83. The van der Waals surface area contributed by atoms with E-state index in [1.807, 2.05) is 6.92 Å². The van der Waals surface area contributed by atoms with E-state index in [1.54, 1.807) is 41.5 Å². The van der Waals surface area contributed by atoms with E-state index in [-0.39, 0.29) is 10.9 Å². The number of aromatic amines is 1. The standard InChI is InChI=1S/C10H17N2O2S2.C2HN2S2.Sn/c1-8(16-9-12-11-7-15-9)14-6-10(2,3)5-13-4;5-2-4-3-1-6-2;/h8H,5-6H2,1-4H3;(H,4,5);.